The summed E-state index contributed by atoms with van der Waals surface area (Å²) in [6.45, 7) is 8.32. The third-order valence-corrected chi connectivity index (χ3v) is 5.34. The SMILES string of the molecule is CCCC(C)COc1ccc([C@@H](NC(=O)[C@@H](CC#N)c2ccccc2)C(C)(C)O)cc1. The molecule has 31 heavy (non-hydrogen) atoms. The van der Waals surface area contributed by atoms with Crippen LogP contribution in [0.4, 0.5) is 0 Å². The average Bonchev–Trinajstić information content (AvgIpc) is 2.74. The maximum atomic E-state index is 13.1. The number of benzene rings is 2. The molecule has 0 spiro atoms. The van der Waals surface area contributed by atoms with Crippen LogP contribution >= 0.6 is 0 Å². The number of amides is 1. The molecule has 0 radical (unpaired) electrons. The van der Waals surface area contributed by atoms with Crippen molar-refractivity contribution in [2.75, 3.05) is 6.61 Å². The van der Waals surface area contributed by atoms with Crippen LogP contribution in [0.5, 0.6) is 5.75 Å². The standard InChI is InChI=1S/C26H34N2O3/c1-5-9-19(2)18-31-22-14-12-21(13-15-22)24(26(3,4)30)28-25(29)23(16-17-27)20-10-7-6-8-11-20/h6-8,10-15,19,23-24,30H,5,9,16,18H2,1-4H3,(H,28,29)/t19?,23-,24+/m0/s1. The highest BCUT2D eigenvalue weighted by Gasteiger charge is 2.32. The Hall–Kier alpha value is -2.84. The van der Waals surface area contributed by atoms with Gasteiger partial charge in [0, 0.05) is 0 Å². The number of carbonyl (C=O) groups is 1. The fourth-order valence-electron chi connectivity index (χ4n) is 3.62. The number of nitrogens with zero attached hydrogens (tertiary/aromatic N) is 1. The van der Waals surface area contributed by atoms with E-state index in [0.717, 1.165) is 29.7 Å². The Balaban J connectivity index is 2.16. The molecule has 0 saturated carbocycles. The number of rotatable bonds is 11. The second kappa shape index (κ2) is 11.5. The van der Waals surface area contributed by atoms with E-state index in [9.17, 15) is 15.2 Å². The molecule has 1 amide bonds. The Morgan fingerprint density at radius 1 is 1.13 bits per heavy atom. The van der Waals surface area contributed by atoms with Gasteiger partial charge in [-0.1, -0.05) is 62.7 Å². The molecular weight excluding hydrogens is 388 g/mol. The van der Waals surface area contributed by atoms with E-state index in [1.165, 1.54) is 0 Å². The van der Waals surface area contributed by atoms with Crippen LogP contribution in [-0.4, -0.2) is 23.2 Å². The summed E-state index contributed by atoms with van der Waals surface area (Å²) in [5.41, 5.74) is 0.362. The molecule has 2 aromatic rings. The van der Waals surface area contributed by atoms with Gasteiger partial charge in [-0.25, -0.2) is 0 Å². The van der Waals surface area contributed by atoms with Crippen molar-refractivity contribution in [3.8, 4) is 11.8 Å². The van der Waals surface area contributed by atoms with Crippen LogP contribution in [0.15, 0.2) is 54.6 Å². The van der Waals surface area contributed by atoms with E-state index in [1.807, 2.05) is 54.6 Å². The van der Waals surface area contributed by atoms with Crippen molar-refractivity contribution in [3.05, 3.63) is 65.7 Å². The lowest BCUT2D eigenvalue weighted by Gasteiger charge is -2.32. The first-order valence-corrected chi connectivity index (χ1v) is 10.9. The van der Waals surface area contributed by atoms with E-state index in [1.54, 1.807) is 13.8 Å². The van der Waals surface area contributed by atoms with Gasteiger partial charge in [0.15, 0.2) is 0 Å². The third-order valence-electron chi connectivity index (χ3n) is 5.34. The van der Waals surface area contributed by atoms with Crippen LogP contribution in [0.3, 0.4) is 0 Å². The maximum Gasteiger partial charge on any atom is 0.229 e. The van der Waals surface area contributed by atoms with Crippen LogP contribution in [0.25, 0.3) is 0 Å². The predicted molar refractivity (Wildman–Crippen MR) is 123 cm³/mol. The number of carbonyl (C=O) groups excluding carboxylic acids is 1. The lowest BCUT2D eigenvalue weighted by atomic mass is 9.89. The Labute approximate surface area is 186 Å². The van der Waals surface area contributed by atoms with Gasteiger partial charge < -0.3 is 15.2 Å². The zero-order valence-corrected chi connectivity index (χ0v) is 19.0. The zero-order valence-electron chi connectivity index (χ0n) is 19.0. The highest BCUT2D eigenvalue weighted by atomic mass is 16.5. The first-order chi connectivity index (χ1) is 14.8. The van der Waals surface area contributed by atoms with Gasteiger partial charge in [-0.2, -0.15) is 5.26 Å². The molecule has 0 aliphatic carbocycles. The van der Waals surface area contributed by atoms with E-state index in [2.05, 4.69) is 25.2 Å². The molecule has 1 unspecified atom stereocenters. The quantitative estimate of drug-likeness (QED) is 0.526. The molecule has 0 aliphatic rings. The number of hydrogen-bond acceptors (Lipinski definition) is 4. The maximum absolute atomic E-state index is 13.1. The number of hydrogen-bond donors (Lipinski definition) is 2. The second-order valence-corrected chi connectivity index (χ2v) is 8.69. The van der Waals surface area contributed by atoms with Crippen molar-refractivity contribution in [1.29, 1.82) is 5.26 Å². The highest BCUT2D eigenvalue weighted by molar-refractivity contribution is 5.84. The number of nitrogens with one attached hydrogen (secondary N) is 1. The van der Waals surface area contributed by atoms with Gasteiger partial charge >= 0.3 is 0 Å². The van der Waals surface area contributed by atoms with Crippen LogP contribution in [0.1, 0.15) is 70.0 Å². The summed E-state index contributed by atoms with van der Waals surface area (Å²) in [4.78, 5) is 13.1. The number of nitriles is 1. The molecular formula is C26H34N2O3. The van der Waals surface area contributed by atoms with Gasteiger partial charge in [-0.3, -0.25) is 4.79 Å². The Morgan fingerprint density at radius 3 is 2.32 bits per heavy atom. The minimum absolute atomic E-state index is 0.0666. The summed E-state index contributed by atoms with van der Waals surface area (Å²) in [5, 5.41) is 22.9. The zero-order chi connectivity index (χ0) is 22.9. The summed E-state index contributed by atoms with van der Waals surface area (Å²) in [6.07, 6.45) is 2.32. The molecule has 5 nitrogen and oxygen atoms in total. The smallest absolute Gasteiger partial charge is 0.229 e. The van der Waals surface area contributed by atoms with E-state index in [0.29, 0.717) is 12.5 Å². The van der Waals surface area contributed by atoms with E-state index in [4.69, 9.17) is 4.74 Å². The third kappa shape index (κ3) is 7.41. The molecule has 0 bridgehead atoms. The minimum atomic E-state index is -1.19. The van der Waals surface area contributed by atoms with Gasteiger partial charge in [0.25, 0.3) is 0 Å². The largest absolute Gasteiger partial charge is 0.493 e. The van der Waals surface area contributed by atoms with E-state index in [-0.39, 0.29) is 12.3 Å². The monoisotopic (exact) mass is 422 g/mol. The molecule has 2 N–H and O–H groups in total. The van der Waals surface area contributed by atoms with E-state index < -0.39 is 17.6 Å². The lowest BCUT2D eigenvalue weighted by Crippen LogP contribution is -2.43. The lowest BCUT2D eigenvalue weighted by molar-refractivity contribution is -0.125. The highest BCUT2D eigenvalue weighted by Crippen LogP contribution is 2.29. The second-order valence-electron chi connectivity index (χ2n) is 8.69. The molecule has 2 rings (SSSR count). The predicted octanol–water partition coefficient (Wildman–Crippen LogP) is 5.13. The van der Waals surface area contributed by atoms with Crippen LogP contribution in [-0.2, 0) is 4.79 Å². The molecule has 2 aromatic carbocycles. The van der Waals surface area contributed by atoms with Gasteiger partial charge in [0.2, 0.25) is 5.91 Å². The van der Waals surface area contributed by atoms with Gasteiger partial charge in [0.05, 0.1) is 36.7 Å². The first kappa shape index (κ1) is 24.4. The normalized spacial score (nSPS) is 14.2. The van der Waals surface area contributed by atoms with Crippen LogP contribution < -0.4 is 10.1 Å². The fraction of sp³-hybridized carbons (Fsp3) is 0.462. The molecule has 0 aromatic heterocycles. The first-order valence-electron chi connectivity index (χ1n) is 10.9. The summed E-state index contributed by atoms with van der Waals surface area (Å²) < 4.78 is 5.86. The average molecular weight is 423 g/mol. The molecule has 0 heterocycles. The molecule has 5 heteroatoms. The van der Waals surface area contributed by atoms with Crippen molar-refractivity contribution < 1.29 is 14.6 Å². The summed E-state index contributed by atoms with van der Waals surface area (Å²) >= 11 is 0. The van der Waals surface area contributed by atoms with Crippen LogP contribution in [0, 0.1) is 17.2 Å². The van der Waals surface area contributed by atoms with Crippen molar-refractivity contribution in [1.82, 2.24) is 5.32 Å². The van der Waals surface area contributed by atoms with Crippen LogP contribution in [0.2, 0.25) is 0 Å². The summed E-state index contributed by atoms with van der Waals surface area (Å²) in [5.74, 6) is 0.370. The van der Waals surface area contributed by atoms with Gasteiger partial charge in [-0.15, -0.1) is 0 Å². The van der Waals surface area contributed by atoms with Crippen molar-refractivity contribution >= 4 is 5.91 Å². The fourth-order valence-corrected chi connectivity index (χ4v) is 3.62. The van der Waals surface area contributed by atoms with Gasteiger partial charge in [-0.05, 0) is 49.4 Å². The van der Waals surface area contributed by atoms with Gasteiger partial charge in [0.1, 0.15) is 5.75 Å². The van der Waals surface area contributed by atoms with Crippen molar-refractivity contribution in [2.24, 2.45) is 5.92 Å². The molecule has 0 saturated heterocycles. The molecule has 0 fully saturated rings. The number of ether oxygens (including phenoxy) is 1. The Kier molecular flexibility index (Phi) is 9.08. The van der Waals surface area contributed by atoms with Crippen molar-refractivity contribution in [3.63, 3.8) is 0 Å². The van der Waals surface area contributed by atoms with Crippen molar-refractivity contribution in [2.45, 2.75) is 64.5 Å². The molecule has 3 atom stereocenters. The topological polar surface area (TPSA) is 82.3 Å². The minimum Gasteiger partial charge on any atom is -0.493 e. The molecule has 0 aliphatic heterocycles. The Morgan fingerprint density at radius 2 is 1.77 bits per heavy atom. The van der Waals surface area contributed by atoms with E-state index >= 15 is 0 Å². The summed E-state index contributed by atoms with van der Waals surface area (Å²) in [7, 11) is 0. The summed E-state index contributed by atoms with van der Waals surface area (Å²) in [6, 6.07) is 18.2. The number of aliphatic hydroxyl groups is 1. The molecule has 166 valence electrons. The Bertz CT molecular complexity index is 851.